The first-order valence-corrected chi connectivity index (χ1v) is 5.07. The Morgan fingerprint density at radius 2 is 2.47 bits per heavy atom. The summed E-state index contributed by atoms with van der Waals surface area (Å²) in [6.07, 6.45) is 6.20. The lowest BCUT2D eigenvalue weighted by Crippen LogP contribution is -2.12. The van der Waals surface area contributed by atoms with Gasteiger partial charge in [0.1, 0.15) is 11.4 Å². The van der Waals surface area contributed by atoms with Crippen LogP contribution in [0.3, 0.4) is 0 Å². The first-order valence-electron chi connectivity index (χ1n) is 5.07. The highest BCUT2D eigenvalue weighted by molar-refractivity contribution is 5.92. The smallest absolute Gasteiger partial charge is 0.224 e. The molecule has 0 aliphatic heterocycles. The number of pyridine rings is 1. The molecule has 15 heavy (non-hydrogen) atoms. The normalized spacial score (nSPS) is 14.7. The molecule has 4 heteroatoms. The number of nitrogens with one attached hydrogen (secondary N) is 1. The van der Waals surface area contributed by atoms with Crippen LogP contribution in [-0.4, -0.2) is 18.0 Å². The Morgan fingerprint density at radius 1 is 1.67 bits per heavy atom. The fraction of sp³-hybridized carbons (Fsp3) is 0.455. The number of hydrogen-bond acceptors (Lipinski definition) is 3. The zero-order valence-electron chi connectivity index (χ0n) is 8.69. The molecule has 1 aliphatic carbocycles. The van der Waals surface area contributed by atoms with E-state index in [9.17, 15) is 4.79 Å². The maximum Gasteiger partial charge on any atom is 0.224 e. The van der Waals surface area contributed by atoms with Crippen LogP contribution >= 0.6 is 0 Å². The van der Waals surface area contributed by atoms with Crippen LogP contribution in [0.5, 0.6) is 5.75 Å². The maximum atomic E-state index is 11.5. The number of amides is 1. The van der Waals surface area contributed by atoms with Crippen LogP contribution in [0.25, 0.3) is 0 Å². The molecule has 1 heterocycles. The summed E-state index contributed by atoms with van der Waals surface area (Å²) in [6.45, 7) is 0. The molecule has 0 aromatic carbocycles. The number of nitrogens with zero attached hydrogens (tertiary/aromatic N) is 1. The van der Waals surface area contributed by atoms with Crippen LogP contribution < -0.4 is 10.1 Å². The second kappa shape index (κ2) is 4.29. The van der Waals surface area contributed by atoms with Crippen molar-refractivity contribution >= 4 is 11.6 Å². The zero-order valence-corrected chi connectivity index (χ0v) is 8.69. The first kappa shape index (κ1) is 9.96. The Morgan fingerprint density at radius 3 is 3.13 bits per heavy atom. The third kappa shape index (κ3) is 2.68. The summed E-state index contributed by atoms with van der Waals surface area (Å²) in [5, 5.41) is 2.81. The van der Waals surface area contributed by atoms with E-state index in [1.807, 2.05) is 0 Å². The van der Waals surface area contributed by atoms with Gasteiger partial charge in [0.05, 0.1) is 13.3 Å². The van der Waals surface area contributed by atoms with E-state index in [-0.39, 0.29) is 5.91 Å². The number of aromatic nitrogens is 1. The highest BCUT2D eigenvalue weighted by Crippen LogP contribution is 2.33. The molecule has 2 rings (SSSR count). The van der Waals surface area contributed by atoms with Crippen molar-refractivity contribution in [1.82, 2.24) is 4.98 Å². The standard InChI is InChI=1S/C11H14N2O2/c1-15-10-4-5-12-7-9(10)13-11(14)6-8-2-3-8/h4-5,7-8H,2-3,6H2,1H3,(H,13,14). The molecule has 1 aliphatic rings. The molecule has 80 valence electrons. The van der Waals surface area contributed by atoms with Crippen LogP contribution in [0.1, 0.15) is 19.3 Å². The fourth-order valence-electron chi connectivity index (χ4n) is 1.44. The molecule has 0 spiro atoms. The number of rotatable bonds is 4. The monoisotopic (exact) mass is 206 g/mol. The van der Waals surface area contributed by atoms with Gasteiger partial charge in [0.2, 0.25) is 5.91 Å². The van der Waals surface area contributed by atoms with Gasteiger partial charge in [-0.05, 0) is 18.8 Å². The number of anilines is 1. The second-order valence-corrected chi connectivity index (χ2v) is 3.77. The van der Waals surface area contributed by atoms with Crippen molar-refractivity contribution in [1.29, 1.82) is 0 Å². The SMILES string of the molecule is COc1ccncc1NC(=O)CC1CC1. The van der Waals surface area contributed by atoms with Crippen molar-refractivity contribution in [3.8, 4) is 5.75 Å². The summed E-state index contributed by atoms with van der Waals surface area (Å²) in [5.41, 5.74) is 0.644. The molecule has 1 N–H and O–H groups in total. The number of methoxy groups -OCH3 is 1. The molecular weight excluding hydrogens is 192 g/mol. The van der Waals surface area contributed by atoms with E-state index < -0.39 is 0 Å². The number of carbonyl (C=O) groups is 1. The molecular formula is C11H14N2O2. The largest absolute Gasteiger partial charge is 0.494 e. The van der Waals surface area contributed by atoms with E-state index in [1.165, 1.54) is 12.8 Å². The summed E-state index contributed by atoms with van der Waals surface area (Å²) < 4.78 is 5.11. The Hall–Kier alpha value is -1.58. The summed E-state index contributed by atoms with van der Waals surface area (Å²) in [7, 11) is 1.58. The van der Waals surface area contributed by atoms with Gasteiger partial charge in [-0.15, -0.1) is 0 Å². The molecule has 1 amide bonds. The van der Waals surface area contributed by atoms with E-state index in [1.54, 1.807) is 25.6 Å². The average molecular weight is 206 g/mol. The number of hydrogen-bond donors (Lipinski definition) is 1. The van der Waals surface area contributed by atoms with E-state index in [2.05, 4.69) is 10.3 Å². The molecule has 1 aromatic heterocycles. The van der Waals surface area contributed by atoms with E-state index in [0.29, 0.717) is 23.8 Å². The summed E-state index contributed by atoms with van der Waals surface area (Å²) in [4.78, 5) is 15.5. The Kier molecular flexibility index (Phi) is 2.85. The van der Waals surface area contributed by atoms with E-state index in [0.717, 1.165) is 0 Å². The predicted octanol–water partition coefficient (Wildman–Crippen LogP) is 1.83. The van der Waals surface area contributed by atoms with Gasteiger partial charge < -0.3 is 10.1 Å². The minimum Gasteiger partial charge on any atom is -0.494 e. The van der Waals surface area contributed by atoms with Gasteiger partial charge in [-0.3, -0.25) is 9.78 Å². The molecule has 0 unspecified atom stereocenters. The van der Waals surface area contributed by atoms with Gasteiger partial charge in [0, 0.05) is 18.7 Å². The van der Waals surface area contributed by atoms with Crippen molar-refractivity contribution in [2.45, 2.75) is 19.3 Å². The lowest BCUT2D eigenvalue weighted by atomic mass is 10.2. The van der Waals surface area contributed by atoms with Crippen LogP contribution in [0.15, 0.2) is 18.5 Å². The molecule has 1 aromatic rings. The molecule has 4 nitrogen and oxygen atoms in total. The van der Waals surface area contributed by atoms with Gasteiger partial charge in [-0.1, -0.05) is 0 Å². The number of carbonyl (C=O) groups excluding carboxylic acids is 1. The lowest BCUT2D eigenvalue weighted by Gasteiger charge is -2.08. The fourth-order valence-corrected chi connectivity index (χ4v) is 1.44. The molecule has 0 atom stereocenters. The highest BCUT2D eigenvalue weighted by Gasteiger charge is 2.24. The second-order valence-electron chi connectivity index (χ2n) is 3.77. The van der Waals surface area contributed by atoms with Crippen molar-refractivity contribution < 1.29 is 9.53 Å². The minimum absolute atomic E-state index is 0.0452. The molecule has 0 radical (unpaired) electrons. The Labute approximate surface area is 88.7 Å². The van der Waals surface area contributed by atoms with E-state index in [4.69, 9.17) is 4.74 Å². The third-order valence-corrected chi connectivity index (χ3v) is 2.45. The first-order chi connectivity index (χ1) is 7.29. The van der Waals surface area contributed by atoms with E-state index >= 15 is 0 Å². The molecule has 1 saturated carbocycles. The lowest BCUT2D eigenvalue weighted by molar-refractivity contribution is -0.116. The molecule has 0 saturated heterocycles. The summed E-state index contributed by atoms with van der Waals surface area (Å²) in [6, 6.07) is 1.73. The van der Waals surface area contributed by atoms with Crippen molar-refractivity contribution in [2.24, 2.45) is 5.92 Å². The van der Waals surface area contributed by atoms with Gasteiger partial charge in [0.25, 0.3) is 0 Å². The average Bonchev–Trinajstić information content (AvgIpc) is 3.02. The van der Waals surface area contributed by atoms with Gasteiger partial charge in [0.15, 0.2) is 0 Å². The zero-order chi connectivity index (χ0) is 10.7. The third-order valence-electron chi connectivity index (χ3n) is 2.45. The quantitative estimate of drug-likeness (QED) is 0.817. The topological polar surface area (TPSA) is 51.2 Å². The Bertz CT molecular complexity index is 361. The molecule has 0 bridgehead atoms. The van der Waals surface area contributed by atoms with Crippen LogP contribution in [0, 0.1) is 5.92 Å². The minimum atomic E-state index is 0.0452. The summed E-state index contributed by atoms with van der Waals surface area (Å²) in [5.74, 6) is 1.28. The maximum absolute atomic E-state index is 11.5. The van der Waals surface area contributed by atoms with Gasteiger partial charge >= 0.3 is 0 Å². The highest BCUT2D eigenvalue weighted by atomic mass is 16.5. The van der Waals surface area contributed by atoms with Crippen LogP contribution in [0.4, 0.5) is 5.69 Å². The van der Waals surface area contributed by atoms with Crippen LogP contribution in [0.2, 0.25) is 0 Å². The van der Waals surface area contributed by atoms with Crippen molar-refractivity contribution in [3.63, 3.8) is 0 Å². The van der Waals surface area contributed by atoms with Gasteiger partial charge in [-0.25, -0.2) is 0 Å². The summed E-state index contributed by atoms with van der Waals surface area (Å²) >= 11 is 0. The van der Waals surface area contributed by atoms with Crippen molar-refractivity contribution in [2.75, 3.05) is 12.4 Å². The number of ether oxygens (including phenoxy) is 1. The molecule has 1 fully saturated rings. The van der Waals surface area contributed by atoms with Gasteiger partial charge in [-0.2, -0.15) is 0 Å². The predicted molar refractivity (Wildman–Crippen MR) is 56.8 cm³/mol. The van der Waals surface area contributed by atoms with Crippen LogP contribution in [-0.2, 0) is 4.79 Å². The Balaban J connectivity index is 1.98. The van der Waals surface area contributed by atoms with Crippen molar-refractivity contribution in [3.05, 3.63) is 18.5 Å².